The largest absolute Gasteiger partial charge is 0.480 e. The number of aliphatic carboxylic acids is 1. The highest BCUT2D eigenvalue weighted by Crippen LogP contribution is 2.32. The number of carboxylic acid groups (broad SMARTS) is 1. The molecule has 0 amide bonds. The van der Waals surface area contributed by atoms with E-state index < -0.39 is 16.7 Å². The van der Waals surface area contributed by atoms with Crippen molar-refractivity contribution in [3.8, 4) is 0 Å². The highest BCUT2D eigenvalue weighted by atomic mass is 32.2. The van der Waals surface area contributed by atoms with Gasteiger partial charge in [0.15, 0.2) is 12.4 Å². The summed E-state index contributed by atoms with van der Waals surface area (Å²) in [5.41, 5.74) is 2.35. The van der Waals surface area contributed by atoms with Gasteiger partial charge in [-0.2, -0.15) is 5.10 Å². The maximum atomic E-state index is 13.3. The number of hydrogen-bond donors (Lipinski definition) is 1. The molecule has 0 radical (unpaired) electrons. The van der Waals surface area contributed by atoms with Crippen LogP contribution in [-0.4, -0.2) is 36.1 Å². The van der Waals surface area contributed by atoms with E-state index in [1.54, 1.807) is 42.7 Å². The van der Waals surface area contributed by atoms with Crippen molar-refractivity contribution in [2.24, 2.45) is 0 Å². The molecule has 0 unspecified atom stereocenters. The molecule has 3 aromatic rings. The van der Waals surface area contributed by atoms with Crippen molar-refractivity contribution in [2.45, 2.75) is 102 Å². The predicted octanol–water partition coefficient (Wildman–Crippen LogP) is 6.28. The first-order valence-electron chi connectivity index (χ1n) is 13.8. The smallest absolute Gasteiger partial charge is 0.346 e. The lowest BCUT2D eigenvalue weighted by atomic mass is 9.87. The van der Waals surface area contributed by atoms with E-state index in [1.165, 1.54) is 22.0 Å². The van der Waals surface area contributed by atoms with Gasteiger partial charge < -0.3 is 9.84 Å². The molecule has 0 aliphatic rings. The lowest BCUT2D eigenvalue weighted by Gasteiger charge is -2.19. The van der Waals surface area contributed by atoms with Gasteiger partial charge >= 0.3 is 17.6 Å². The summed E-state index contributed by atoms with van der Waals surface area (Å²) >= 11 is 1.20. The third-order valence-electron chi connectivity index (χ3n) is 6.70. The molecule has 0 aliphatic carbocycles. The molecule has 3 rings (SSSR count). The van der Waals surface area contributed by atoms with Crippen LogP contribution in [0.5, 0.6) is 0 Å². The van der Waals surface area contributed by atoms with Gasteiger partial charge in [0, 0.05) is 11.4 Å². The van der Waals surface area contributed by atoms with Crippen LogP contribution >= 0.6 is 11.8 Å². The summed E-state index contributed by atoms with van der Waals surface area (Å²) in [6, 6.07) is 14.8. The van der Waals surface area contributed by atoms with Crippen LogP contribution in [0.4, 0.5) is 0 Å². The molecule has 2 aromatic carbocycles. The summed E-state index contributed by atoms with van der Waals surface area (Å²) in [6.45, 7) is 12.6. The Morgan fingerprint density at radius 3 is 2.17 bits per heavy atom. The van der Waals surface area contributed by atoms with Gasteiger partial charge in [0.2, 0.25) is 0 Å². The third kappa shape index (κ3) is 8.34. The second-order valence-electron chi connectivity index (χ2n) is 11.5. The Morgan fingerprint density at radius 1 is 0.950 bits per heavy atom. The zero-order valence-corrected chi connectivity index (χ0v) is 25.2. The van der Waals surface area contributed by atoms with Crippen LogP contribution in [0.2, 0.25) is 0 Å². The van der Waals surface area contributed by atoms with Crippen LogP contribution in [0.1, 0.15) is 94.5 Å². The standard InChI is InChI=1S/C31H41N3O5S/c1-7-8-9-10-19-33-26(32-34(29(33)38)20-22-11-15-24(16-12-22)30(2,3)4)21-39-27(35)23-13-17-25(18-14-23)40-31(5,6)28(36)37/h11-18H,7-10,19-21H2,1-6H3,(H,36,37). The number of nitrogens with zero attached hydrogens (tertiary/aromatic N) is 3. The van der Waals surface area contributed by atoms with E-state index in [1.807, 2.05) is 12.1 Å². The fourth-order valence-corrected chi connectivity index (χ4v) is 5.06. The van der Waals surface area contributed by atoms with Gasteiger partial charge in [0.25, 0.3) is 0 Å². The number of esters is 1. The SMILES string of the molecule is CCCCCCn1c(COC(=O)c2ccc(SC(C)(C)C(=O)O)cc2)nn(Cc2ccc(C(C)(C)C)cc2)c1=O. The predicted molar refractivity (Wildman–Crippen MR) is 158 cm³/mol. The molecule has 0 spiro atoms. The van der Waals surface area contributed by atoms with Crippen molar-refractivity contribution in [3.05, 3.63) is 81.5 Å². The van der Waals surface area contributed by atoms with E-state index in [-0.39, 0.29) is 17.7 Å². The molecule has 216 valence electrons. The topological polar surface area (TPSA) is 103 Å². The molecule has 1 N–H and O–H groups in total. The van der Waals surface area contributed by atoms with Gasteiger partial charge in [-0.25, -0.2) is 14.3 Å². The van der Waals surface area contributed by atoms with Crippen molar-refractivity contribution in [1.82, 2.24) is 14.3 Å². The Labute approximate surface area is 240 Å². The molecule has 0 aliphatic heterocycles. The molecule has 0 saturated heterocycles. The number of benzene rings is 2. The van der Waals surface area contributed by atoms with E-state index in [0.717, 1.165) is 36.1 Å². The first kappa shape index (κ1) is 31.2. The van der Waals surface area contributed by atoms with Gasteiger partial charge in [0.05, 0.1) is 12.1 Å². The monoisotopic (exact) mass is 567 g/mol. The second kappa shape index (κ2) is 13.4. The van der Waals surface area contributed by atoms with Gasteiger partial charge in [-0.05, 0) is 61.1 Å². The van der Waals surface area contributed by atoms with Crippen molar-refractivity contribution >= 4 is 23.7 Å². The molecule has 1 aromatic heterocycles. The Balaban J connectivity index is 1.74. The van der Waals surface area contributed by atoms with Crippen LogP contribution in [0.3, 0.4) is 0 Å². The first-order chi connectivity index (χ1) is 18.8. The van der Waals surface area contributed by atoms with Crippen molar-refractivity contribution < 1.29 is 19.4 Å². The quantitative estimate of drug-likeness (QED) is 0.147. The van der Waals surface area contributed by atoms with Crippen LogP contribution < -0.4 is 5.69 Å². The summed E-state index contributed by atoms with van der Waals surface area (Å²) in [4.78, 5) is 38.2. The molecule has 0 saturated carbocycles. The fraction of sp³-hybridized carbons (Fsp3) is 0.484. The maximum absolute atomic E-state index is 13.3. The minimum atomic E-state index is -0.990. The van der Waals surface area contributed by atoms with Crippen molar-refractivity contribution in [2.75, 3.05) is 0 Å². The van der Waals surface area contributed by atoms with Crippen molar-refractivity contribution in [1.29, 1.82) is 0 Å². The Hall–Kier alpha value is -3.33. The molecular weight excluding hydrogens is 526 g/mol. The average molecular weight is 568 g/mol. The number of carbonyl (C=O) groups is 2. The molecule has 0 atom stereocenters. The maximum Gasteiger partial charge on any atom is 0.346 e. The van der Waals surface area contributed by atoms with E-state index in [2.05, 4.69) is 44.9 Å². The number of carbonyl (C=O) groups excluding carboxylic acids is 1. The second-order valence-corrected chi connectivity index (χ2v) is 13.2. The van der Waals surface area contributed by atoms with E-state index in [9.17, 15) is 19.5 Å². The summed E-state index contributed by atoms with van der Waals surface area (Å²) in [5.74, 6) is -1.04. The molecule has 40 heavy (non-hydrogen) atoms. The minimum absolute atomic E-state index is 0.0424. The summed E-state index contributed by atoms with van der Waals surface area (Å²) in [7, 11) is 0. The van der Waals surface area contributed by atoms with Crippen LogP contribution in [0.25, 0.3) is 0 Å². The first-order valence-corrected chi connectivity index (χ1v) is 14.6. The van der Waals surface area contributed by atoms with E-state index in [4.69, 9.17) is 4.74 Å². The normalized spacial score (nSPS) is 11.9. The van der Waals surface area contributed by atoms with E-state index in [0.29, 0.717) is 24.5 Å². The fourth-order valence-electron chi connectivity index (χ4n) is 4.11. The van der Waals surface area contributed by atoms with E-state index >= 15 is 0 Å². The number of aromatic nitrogens is 3. The number of rotatable bonds is 13. The molecule has 8 nitrogen and oxygen atoms in total. The average Bonchev–Trinajstić information content (AvgIpc) is 3.19. The Bertz CT molecular complexity index is 1350. The van der Waals surface area contributed by atoms with Crippen LogP contribution in [-0.2, 0) is 34.6 Å². The molecular formula is C31H41N3O5S. The van der Waals surface area contributed by atoms with Crippen LogP contribution in [0, 0.1) is 0 Å². The Kier molecular flexibility index (Phi) is 10.4. The zero-order valence-electron chi connectivity index (χ0n) is 24.4. The summed E-state index contributed by atoms with van der Waals surface area (Å²) in [5, 5.41) is 13.9. The lowest BCUT2D eigenvalue weighted by Crippen LogP contribution is -2.26. The number of hydrogen-bond acceptors (Lipinski definition) is 6. The van der Waals surface area contributed by atoms with Gasteiger partial charge in [-0.15, -0.1) is 11.8 Å². The molecule has 0 fully saturated rings. The van der Waals surface area contributed by atoms with Crippen LogP contribution in [0.15, 0.2) is 58.2 Å². The Morgan fingerprint density at radius 2 is 1.60 bits per heavy atom. The van der Waals surface area contributed by atoms with Crippen molar-refractivity contribution in [3.63, 3.8) is 0 Å². The van der Waals surface area contributed by atoms with Gasteiger partial charge in [-0.3, -0.25) is 9.36 Å². The number of ether oxygens (including phenoxy) is 1. The molecule has 1 heterocycles. The third-order valence-corrected chi connectivity index (χ3v) is 7.89. The lowest BCUT2D eigenvalue weighted by molar-refractivity contribution is -0.138. The summed E-state index contributed by atoms with van der Waals surface area (Å²) < 4.78 is 7.61. The van der Waals surface area contributed by atoms with Gasteiger partial charge in [0.1, 0.15) is 4.75 Å². The highest BCUT2D eigenvalue weighted by molar-refractivity contribution is 8.01. The zero-order chi connectivity index (χ0) is 29.5. The number of unbranched alkanes of at least 4 members (excludes halogenated alkanes) is 3. The number of thioether (sulfide) groups is 1. The molecule has 0 bridgehead atoms. The van der Waals surface area contributed by atoms with Gasteiger partial charge in [-0.1, -0.05) is 71.2 Å². The number of carboxylic acids is 1. The minimum Gasteiger partial charge on any atom is -0.480 e. The molecule has 9 heteroatoms. The highest BCUT2D eigenvalue weighted by Gasteiger charge is 2.28. The summed E-state index contributed by atoms with van der Waals surface area (Å²) in [6.07, 6.45) is 4.02.